The molecule has 3 rings (SSSR count). The van der Waals surface area contributed by atoms with Crippen molar-refractivity contribution in [3.8, 4) is 17.2 Å². The lowest BCUT2D eigenvalue weighted by Gasteiger charge is -2.11. The van der Waals surface area contributed by atoms with E-state index >= 15 is 0 Å². The molecule has 128 valence electrons. The van der Waals surface area contributed by atoms with Gasteiger partial charge in [-0.3, -0.25) is 0 Å². The van der Waals surface area contributed by atoms with E-state index in [1.807, 2.05) is 54.6 Å². The molecule has 0 aliphatic rings. The first-order valence-corrected chi connectivity index (χ1v) is 8.44. The highest BCUT2D eigenvalue weighted by molar-refractivity contribution is 6.35. The maximum absolute atomic E-state index is 9.86. The summed E-state index contributed by atoms with van der Waals surface area (Å²) < 4.78 is 11.3. The van der Waals surface area contributed by atoms with E-state index in [1.165, 1.54) is 12.1 Å². The van der Waals surface area contributed by atoms with Crippen molar-refractivity contribution in [1.82, 2.24) is 0 Å². The molecular formula is C20H16Cl2O3. The van der Waals surface area contributed by atoms with Crippen LogP contribution in [-0.4, -0.2) is 5.11 Å². The fraction of sp³-hybridized carbons (Fsp3) is 0.100. The third kappa shape index (κ3) is 4.81. The van der Waals surface area contributed by atoms with Gasteiger partial charge in [0.05, 0.1) is 5.02 Å². The molecule has 0 unspecified atom stereocenters. The van der Waals surface area contributed by atoms with E-state index in [0.717, 1.165) is 16.9 Å². The van der Waals surface area contributed by atoms with Crippen molar-refractivity contribution >= 4 is 23.2 Å². The number of halogens is 2. The van der Waals surface area contributed by atoms with Crippen LogP contribution in [0.1, 0.15) is 11.1 Å². The van der Waals surface area contributed by atoms with Crippen LogP contribution in [-0.2, 0) is 13.2 Å². The van der Waals surface area contributed by atoms with Crippen LogP contribution in [0.15, 0.2) is 66.7 Å². The fourth-order valence-corrected chi connectivity index (χ4v) is 2.81. The minimum absolute atomic E-state index is 0.0830. The quantitative estimate of drug-likeness (QED) is 0.587. The summed E-state index contributed by atoms with van der Waals surface area (Å²) in [7, 11) is 0. The van der Waals surface area contributed by atoms with Gasteiger partial charge in [-0.2, -0.15) is 0 Å². The van der Waals surface area contributed by atoms with E-state index < -0.39 is 0 Å². The lowest BCUT2D eigenvalue weighted by Crippen LogP contribution is -1.98. The normalized spacial score (nSPS) is 10.5. The van der Waals surface area contributed by atoms with Gasteiger partial charge in [-0.1, -0.05) is 65.7 Å². The smallest absolute Gasteiger partial charge is 0.180 e. The maximum atomic E-state index is 9.86. The highest BCUT2D eigenvalue weighted by Crippen LogP contribution is 2.37. The standard InChI is InChI=1S/C20H16Cl2O3/c21-16-10-18(22)20(19(23)11-16)25-13-15-6-8-17(9-7-15)24-12-14-4-2-1-3-5-14/h1-11,23H,12-13H2. The SMILES string of the molecule is Oc1cc(Cl)cc(Cl)c1OCc1ccc(OCc2ccccc2)cc1. The van der Waals surface area contributed by atoms with Gasteiger partial charge in [-0.25, -0.2) is 0 Å². The molecule has 0 saturated heterocycles. The van der Waals surface area contributed by atoms with Crippen molar-refractivity contribution in [3.63, 3.8) is 0 Å². The summed E-state index contributed by atoms with van der Waals surface area (Å²) in [4.78, 5) is 0. The number of aromatic hydroxyl groups is 1. The highest BCUT2D eigenvalue weighted by Gasteiger charge is 2.10. The van der Waals surface area contributed by atoms with Crippen LogP contribution >= 0.6 is 23.2 Å². The molecule has 3 nitrogen and oxygen atoms in total. The van der Waals surface area contributed by atoms with Crippen LogP contribution in [0, 0.1) is 0 Å². The predicted octanol–water partition coefficient (Wildman–Crippen LogP) is 5.86. The molecule has 25 heavy (non-hydrogen) atoms. The van der Waals surface area contributed by atoms with Gasteiger partial charge in [0.1, 0.15) is 19.0 Å². The molecule has 0 saturated carbocycles. The molecule has 5 heteroatoms. The molecule has 3 aromatic rings. The number of benzene rings is 3. The van der Waals surface area contributed by atoms with Crippen LogP contribution < -0.4 is 9.47 Å². The van der Waals surface area contributed by atoms with Crippen LogP contribution in [0.5, 0.6) is 17.2 Å². The lowest BCUT2D eigenvalue weighted by atomic mass is 10.2. The van der Waals surface area contributed by atoms with E-state index in [-0.39, 0.29) is 23.1 Å². The van der Waals surface area contributed by atoms with Crippen LogP contribution in [0.3, 0.4) is 0 Å². The summed E-state index contributed by atoms with van der Waals surface area (Å²) >= 11 is 11.9. The molecule has 0 aliphatic carbocycles. The van der Waals surface area contributed by atoms with E-state index in [9.17, 15) is 5.11 Å². The third-order valence-corrected chi connectivity index (χ3v) is 4.04. The monoisotopic (exact) mass is 374 g/mol. The van der Waals surface area contributed by atoms with Crippen molar-refractivity contribution < 1.29 is 14.6 Å². The van der Waals surface area contributed by atoms with Gasteiger partial charge in [-0.15, -0.1) is 0 Å². The van der Waals surface area contributed by atoms with Gasteiger partial charge >= 0.3 is 0 Å². The van der Waals surface area contributed by atoms with Crippen LogP contribution in [0.4, 0.5) is 0 Å². The number of hydrogen-bond acceptors (Lipinski definition) is 3. The summed E-state index contributed by atoms with van der Waals surface area (Å²) in [5, 5.41) is 10.5. The van der Waals surface area contributed by atoms with Crippen molar-refractivity contribution in [2.75, 3.05) is 0 Å². The zero-order valence-electron chi connectivity index (χ0n) is 13.3. The van der Waals surface area contributed by atoms with Gasteiger partial charge in [-0.05, 0) is 29.3 Å². The Hall–Kier alpha value is -2.36. The van der Waals surface area contributed by atoms with E-state index in [1.54, 1.807) is 0 Å². The van der Waals surface area contributed by atoms with Gasteiger partial charge in [0, 0.05) is 11.1 Å². The molecule has 0 spiro atoms. The Morgan fingerprint density at radius 2 is 1.40 bits per heavy atom. The van der Waals surface area contributed by atoms with Crippen LogP contribution in [0.25, 0.3) is 0 Å². The molecule has 1 N–H and O–H groups in total. The van der Waals surface area contributed by atoms with E-state index in [0.29, 0.717) is 11.6 Å². The first-order chi connectivity index (χ1) is 12.1. The summed E-state index contributed by atoms with van der Waals surface area (Å²) in [5.74, 6) is 0.913. The van der Waals surface area contributed by atoms with Gasteiger partial charge in [0.25, 0.3) is 0 Å². The number of hydrogen-bond donors (Lipinski definition) is 1. The second-order valence-electron chi connectivity index (χ2n) is 5.44. The van der Waals surface area contributed by atoms with Crippen molar-refractivity contribution in [2.24, 2.45) is 0 Å². The molecular weight excluding hydrogens is 359 g/mol. The second-order valence-corrected chi connectivity index (χ2v) is 6.29. The van der Waals surface area contributed by atoms with Crippen molar-refractivity contribution in [3.05, 3.63) is 87.9 Å². The largest absolute Gasteiger partial charge is 0.504 e. The molecule has 0 fully saturated rings. The Labute approximate surface area is 156 Å². The zero-order valence-corrected chi connectivity index (χ0v) is 14.8. The summed E-state index contributed by atoms with van der Waals surface area (Å²) in [6, 6.07) is 20.5. The molecule has 0 heterocycles. The Morgan fingerprint density at radius 1 is 0.760 bits per heavy atom. The topological polar surface area (TPSA) is 38.7 Å². The average Bonchev–Trinajstić information content (AvgIpc) is 2.61. The molecule has 0 bridgehead atoms. The first kappa shape index (κ1) is 17.5. The summed E-state index contributed by atoms with van der Waals surface area (Å²) in [6.07, 6.45) is 0. The molecule has 0 atom stereocenters. The molecule has 3 aromatic carbocycles. The van der Waals surface area contributed by atoms with Gasteiger partial charge in [0.2, 0.25) is 0 Å². The minimum atomic E-state index is -0.0830. The third-order valence-electron chi connectivity index (χ3n) is 3.54. The second kappa shape index (κ2) is 8.15. The number of phenolic OH excluding ortho intramolecular Hbond substituents is 1. The average molecular weight is 375 g/mol. The number of ether oxygens (including phenoxy) is 2. The Kier molecular flexibility index (Phi) is 5.69. The summed E-state index contributed by atoms with van der Waals surface area (Å²) in [6.45, 7) is 0.790. The number of rotatable bonds is 6. The Balaban J connectivity index is 1.58. The fourth-order valence-electron chi connectivity index (χ4n) is 2.27. The molecule has 0 aromatic heterocycles. The van der Waals surface area contributed by atoms with Gasteiger partial charge < -0.3 is 14.6 Å². The lowest BCUT2D eigenvalue weighted by molar-refractivity contribution is 0.288. The first-order valence-electron chi connectivity index (χ1n) is 7.68. The minimum Gasteiger partial charge on any atom is -0.504 e. The number of phenols is 1. The molecule has 0 amide bonds. The molecule has 0 radical (unpaired) electrons. The maximum Gasteiger partial charge on any atom is 0.180 e. The predicted molar refractivity (Wildman–Crippen MR) is 99.7 cm³/mol. The van der Waals surface area contributed by atoms with Crippen LogP contribution in [0.2, 0.25) is 10.0 Å². The summed E-state index contributed by atoms with van der Waals surface area (Å²) in [5.41, 5.74) is 2.04. The Morgan fingerprint density at radius 3 is 2.08 bits per heavy atom. The van der Waals surface area contributed by atoms with E-state index in [4.69, 9.17) is 32.7 Å². The van der Waals surface area contributed by atoms with E-state index in [2.05, 4.69) is 0 Å². The van der Waals surface area contributed by atoms with Gasteiger partial charge in [0.15, 0.2) is 11.5 Å². The van der Waals surface area contributed by atoms with Crippen molar-refractivity contribution in [2.45, 2.75) is 13.2 Å². The van der Waals surface area contributed by atoms with Crippen molar-refractivity contribution in [1.29, 1.82) is 0 Å². The zero-order chi connectivity index (χ0) is 17.6. The Bertz CT molecular complexity index is 810. The molecule has 0 aliphatic heterocycles. The highest BCUT2D eigenvalue weighted by atomic mass is 35.5.